The molecule has 0 aromatic carbocycles. The van der Waals surface area contributed by atoms with Gasteiger partial charge in [0, 0.05) is 0 Å². The van der Waals surface area contributed by atoms with E-state index in [1.54, 1.807) is 6.92 Å². The molecule has 1 atom stereocenters. The van der Waals surface area contributed by atoms with Gasteiger partial charge in [0.15, 0.2) is 5.60 Å². The first-order valence-electron chi connectivity index (χ1n) is 11.4. The highest BCUT2D eigenvalue weighted by atomic mass is 16.5. The first kappa shape index (κ1) is 25.4. The van der Waals surface area contributed by atoms with Crippen LogP contribution in [0.5, 0.6) is 0 Å². The van der Waals surface area contributed by atoms with E-state index in [0.717, 1.165) is 25.7 Å². The lowest BCUT2D eigenvalue weighted by Crippen LogP contribution is -2.37. The van der Waals surface area contributed by atoms with Crippen LogP contribution < -0.4 is 0 Å². The molecule has 3 heteroatoms. The van der Waals surface area contributed by atoms with Crippen molar-refractivity contribution in [2.75, 3.05) is 6.61 Å². The number of ether oxygens (including phenoxy) is 1. The summed E-state index contributed by atoms with van der Waals surface area (Å²) >= 11 is 0. The van der Waals surface area contributed by atoms with E-state index in [-0.39, 0.29) is 0 Å². The van der Waals surface area contributed by atoms with Gasteiger partial charge in [0.05, 0.1) is 6.61 Å². The minimum atomic E-state index is -1.32. The van der Waals surface area contributed by atoms with E-state index in [1.807, 2.05) is 0 Å². The predicted octanol–water partition coefficient (Wildman–Crippen LogP) is 6.95. The molecule has 0 fully saturated rings. The van der Waals surface area contributed by atoms with E-state index in [1.165, 1.54) is 77.0 Å². The summed E-state index contributed by atoms with van der Waals surface area (Å²) in [5.74, 6) is -0.443. The van der Waals surface area contributed by atoms with Crippen molar-refractivity contribution in [3.8, 4) is 0 Å². The molecule has 0 spiro atoms. The summed E-state index contributed by atoms with van der Waals surface area (Å²) < 4.78 is 5.29. The molecular weight excluding hydrogens is 324 g/mol. The zero-order valence-corrected chi connectivity index (χ0v) is 18.0. The molecule has 156 valence electrons. The van der Waals surface area contributed by atoms with Crippen LogP contribution in [0.25, 0.3) is 0 Å². The Kier molecular flexibility index (Phi) is 17.4. The van der Waals surface area contributed by atoms with E-state index in [4.69, 9.17) is 4.74 Å². The van der Waals surface area contributed by atoms with Crippen LogP contribution in [0.15, 0.2) is 0 Å². The zero-order chi connectivity index (χ0) is 19.5. The number of unbranched alkanes of at least 4 members (excludes halogenated alkanes) is 14. The Balaban J connectivity index is 3.50. The average Bonchev–Trinajstić information content (AvgIpc) is 2.62. The molecule has 0 aromatic rings. The van der Waals surface area contributed by atoms with E-state index < -0.39 is 11.6 Å². The van der Waals surface area contributed by atoms with Crippen LogP contribution in [0.3, 0.4) is 0 Å². The molecule has 0 saturated heterocycles. The highest BCUT2D eigenvalue weighted by molar-refractivity contribution is 5.78. The smallest absolute Gasteiger partial charge is 0.337 e. The predicted molar refractivity (Wildman–Crippen MR) is 111 cm³/mol. The van der Waals surface area contributed by atoms with Crippen LogP contribution in [-0.2, 0) is 9.53 Å². The van der Waals surface area contributed by atoms with Gasteiger partial charge >= 0.3 is 5.97 Å². The summed E-state index contributed by atoms with van der Waals surface area (Å²) in [5, 5.41) is 10.3. The monoisotopic (exact) mass is 370 g/mol. The molecule has 0 aliphatic rings. The second-order valence-electron chi connectivity index (χ2n) is 8.11. The van der Waals surface area contributed by atoms with Gasteiger partial charge in [0.25, 0.3) is 0 Å². The molecule has 0 radical (unpaired) electrons. The number of hydrogen-bond donors (Lipinski definition) is 1. The van der Waals surface area contributed by atoms with Gasteiger partial charge < -0.3 is 9.84 Å². The maximum Gasteiger partial charge on any atom is 0.337 e. The lowest BCUT2D eigenvalue weighted by Gasteiger charge is -2.21. The van der Waals surface area contributed by atoms with E-state index in [2.05, 4.69) is 13.8 Å². The lowest BCUT2D eigenvalue weighted by atomic mass is 9.98. The number of hydrogen-bond acceptors (Lipinski definition) is 3. The minimum Gasteiger partial charge on any atom is -0.464 e. The van der Waals surface area contributed by atoms with Crippen molar-refractivity contribution in [1.82, 2.24) is 0 Å². The quantitative estimate of drug-likeness (QED) is 0.198. The molecule has 0 amide bonds. The fraction of sp³-hybridized carbons (Fsp3) is 0.957. The first-order valence-corrected chi connectivity index (χ1v) is 11.4. The first-order chi connectivity index (χ1) is 12.5. The van der Waals surface area contributed by atoms with Crippen molar-refractivity contribution in [3.63, 3.8) is 0 Å². The van der Waals surface area contributed by atoms with Crippen LogP contribution in [-0.4, -0.2) is 23.3 Å². The largest absolute Gasteiger partial charge is 0.464 e. The van der Waals surface area contributed by atoms with E-state index in [0.29, 0.717) is 13.0 Å². The molecule has 1 N–H and O–H groups in total. The van der Waals surface area contributed by atoms with Crippen LogP contribution in [0, 0.1) is 0 Å². The Morgan fingerprint density at radius 1 is 0.692 bits per heavy atom. The van der Waals surface area contributed by atoms with Crippen LogP contribution in [0.1, 0.15) is 130 Å². The SMILES string of the molecule is CCCCCCCCCCCCOC(=O)C(C)(O)CCCCCCCC. The van der Waals surface area contributed by atoms with Gasteiger partial charge in [-0.3, -0.25) is 0 Å². The number of carbonyl (C=O) groups excluding carboxylic acids is 1. The summed E-state index contributed by atoms with van der Waals surface area (Å²) in [6, 6.07) is 0. The van der Waals surface area contributed by atoms with Crippen LogP contribution in [0.2, 0.25) is 0 Å². The minimum absolute atomic E-state index is 0.443. The van der Waals surface area contributed by atoms with Gasteiger partial charge in [-0.15, -0.1) is 0 Å². The topological polar surface area (TPSA) is 46.5 Å². The van der Waals surface area contributed by atoms with Crippen molar-refractivity contribution in [3.05, 3.63) is 0 Å². The highest BCUT2D eigenvalue weighted by Crippen LogP contribution is 2.18. The van der Waals surface area contributed by atoms with Crippen LogP contribution >= 0.6 is 0 Å². The van der Waals surface area contributed by atoms with Crippen molar-refractivity contribution >= 4 is 5.97 Å². The number of carbonyl (C=O) groups is 1. The third-order valence-electron chi connectivity index (χ3n) is 5.19. The second-order valence-corrected chi connectivity index (χ2v) is 8.11. The fourth-order valence-corrected chi connectivity index (χ4v) is 3.26. The molecule has 26 heavy (non-hydrogen) atoms. The summed E-state index contributed by atoms with van der Waals surface area (Å²) in [6.45, 7) is 6.50. The summed E-state index contributed by atoms with van der Waals surface area (Å²) in [6.07, 6.45) is 20.1. The third-order valence-corrected chi connectivity index (χ3v) is 5.19. The molecule has 0 aliphatic heterocycles. The standard InChI is InChI=1S/C23H46O3/c1-4-6-8-10-12-13-14-15-17-19-21-26-22(24)23(3,25)20-18-16-11-9-7-5-2/h25H,4-21H2,1-3H3. The lowest BCUT2D eigenvalue weighted by molar-refractivity contribution is -0.164. The Hall–Kier alpha value is -0.570. The van der Waals surface area contributed by atoms with Crippen molar-refractivity contribution < 1.29 is 14.6 Å². The normalized spacial score (nSPS) is 13.5. The maximum atomic E-state index is 12.0. The van der Waals surface area contributed by atoms with Crippen molar-refractivity contribution in [1.29, 1.82) is 0 Å². The van der Waals surface area contributed by atoms with Gasteiger partial charge in [-0.05, 0) is 26.2 Å². The van der Waals surface area contributed by atoms with Gasteiger partial charge in [-0.25, -0.2) is 4.79 Å². The Morgan fingerprint density at radius 2 is 1.08 bits per heavy atom. The van der Waals surface area contributed by atoms with Crippen molar-refractivity contribution in [2.24, 2.45) is 0 Å². The third kappa shape index (κ3) is 15.7. The maximum absolute atomic E-state index is 12.0. The van der Waals surface area contributed by atoms with Gasteiger partial charge in [0.1, 0.15) is 0 Å². The van der Waals surface area contributed by atoms with Gasteiger partial charge in [0.2, 0.25) is 0 Å². The summed E-state index contributed by atoms with van der Waals surface area (Å²) in [4.78, 5) is 12.0. The Labute approximate surface area is 163 Å². The fourth-order valence-electron chi connectivity index (χ4n) is 3.26. The Morgan fingerprint density at radius 3 is 1.54 bits per heavy atom. The highest BCUT2D eigenvalue weighted by Gasteiger charge is 2.31. The molecule has 0 bridgehead atoms. The summed E-state index contributed by atoms with van der Waals surface area (Å²) in [7, 11) is 0. The van der Waals surface area contributed by atoms with Gasteiger partial charge in [-0.2, -0.15) is 0 Å². The molecule has 0 aromatic heterocycles. The molecule has 1 unspecified atom stereocenters. The zero-order valence-electron chi connectivity index (χ0n) is 18.0. The average molecular weight is 371 g/mol. The Bertz CT molecular complexity index is 313. The molecule has 0 heterocycles. The van der Waals surface area contributed by atoms with Crippen LogP contribution in [0.4, 0.5) is 0 Å². The molecule has 0 aliphatic carbocycles. The van der Waals surface area contributed by atoms with Gasteiger partial charge in [-0.1, -0.05) is 104 Å². The van der Waals surface area contributed by atoms with Crippen molar-refractivity contribution in [2.45, 2.75) is 136 Å². The summed E-state index contributed by atoms with van der Waals surface area (Å²) in [5.41, 5.74) is -1.32. The molecule has 0 rings (SSSR count). The number of aliphatic hydroxyl groups is 1. The molecular formula is C23H46O3. The van der Waals surface area contributed by atoms with E-state index in [9.17, 15) is 9.90 Å². The molecule has 3 nitrogen and oxygen atoms in total. The van der Waals surface area contributed by atoms with E-state index >= 15 is 0 Å². The number of esters is 1. The number of rotatable bonds is 19. The second kappa shape index (κ2) is 17.8. The molecule has 0 saturated carbocycles.